The summed E-state index contributed by atoms with van der Waals surface area (Å²) in [5.41, 5.74) is 2.33. The van der Waals surface area contributed by atoms with Gasteiger partial charge in [-0.1, -0.05) is 20.3 Å². The van der Waals surface area contributed by atoms with Crippen LogP contribution >= 0.6 is 0 Å². The zero-order valence-corrected chi connectivity index (χ0v) is 10.1. The van der Waals surface area contributed by atoms with Crippen molar-refractivity contribution in [2.24, 2.45) is 5.92 Å². The van der Waals surface area contributed by atoms with Crippen LogP contribution in [0.3, 0.4) is 0 Å². The average Bonchev–Trinajstić information content (AvgIpc) is 2.70. The Labute approximate surface area is 96.9 Å². The largest absolute Gasteiger partial charge is 0.481 e. The summed E-state index contributed by atoms with van der Waals surface area (Å²) in [5, 5.41) is 8.97. The zero-order chi connectivity index (χ0) is 12.0. The summed E-state index contributed by atoms with van der Waals surface area (Å²) < 4.78 is 0. The number of carbonyl (C=O) groups is 1. The first-order valence-electron chi connectivity index (χ1n) is 6.06. The molecule has 1 unspecified atom stereocenters. The van der Waals surface area contributed by atoms with Crippen LogP contribution in [0.15, 0.2) is 12.3 Å². The Morgan fingerprint density at radius 1 is 1.50 bits per heavy atom. The van der Waals surface area contributed by atoms with E-state index in [1.807, 2.05) is 13.1 Å². The van der Waals surface area contributed by atoms with Crippen molar-refractivity contribution in [1.82, 2.24) is 4.98 Å². The minimum atomic E-state index is -0.702. The molecule has 1 heterocycles. The van der Waals surface area contributed by atoms with E-state index >= 15 is 0 Å². The normalized spacial score (nSPS) is 12.6. The maximum atomic E-state index is 10.9. The molecule has 90 valence electrons. The molecule has 0 fully saturated rings. The molecule has 1 atom stereocenters. The van der Waals surface area contributed by atoms with E-state index in [4.69, 9.17) is 5.11 Å². The third-order valence-electron chi connectivity index (χ3n) is 2.93. The van der Waals surface area contributed by atoms with Gasteiger partial charge in [0.2, 0.25) is 0 Å². The van der Waals surface area contributed by atoms with Crippen LogP contribution in [-0.2, 0) is 17.6 Å². The molecule has 0 aliphatic heterocycles. The number of aryl methyl sites for hydroxylation is 1. The third-order valence-corrected chi connectivity index (χ3v) is 2.93. The molecule has 16 heavy (non-hydrogen) atoms. The SMILES string of the molecule is CCCCc1c[nH]c(CC(CC)C(=O)O)c1. The van der Waals surface area contributed by atoms with Crippen molar-refractivity contribution < 1.29 is 9.90 Å². The molecular weight excluding hydrogens is 202 g/mol. The number of carboxylic acids is 1. The lowest BCUT2D eigenvalue weighted by atomic mass is 10.0. The van der Waals surface area contributed by atoms with Crippen LogP contribution in [0.1, 0.15) is 44.4 Å². The fourth-order valence-electron chi connectivity index (χ4n) is 1.81. The molecule has 0 saturated carbocycles. The molecule has 3 nitrogen and oxygen atoms in total. The van der Waals surface area contributed by atoms with Gasteiger partial charge in [-0.25, -0.2) is 0 Å². The molecular formula is C13H21NO2. The van der Waals surface area contributed by atoms with Crippen LogP contribution in [0, 0.1) is 5.92 Å². The van der Waals surface area contributed by atoms with Gasteiger partial charge in [-0.3, -0.25) is 4.79 Å². The molecule has 0 bridgehead atoms. The van der Waals surface area contributed by atoms with Gasteiger partial charge >= 0.3 is 5.97 Å². The first-order chi connectivity index (χ1) is 7.67. The van der Waals surface area contributed by atoms with Crippen LogP contribution in [0.2, 0.25) is 0 Å². The van der Waals surface area contributed by atoms with Crippen LogP contribution in [0.5, 0.6) is 0 Å². The fraction of sp³-hybridized carbons (Fsp3) is 0.615. The molecule has 0 radical (unpaired) electrons. The van der Waals surface area contributed by atoms with Crippen molar-refractivity contribution >= 4 is 5.97 Å². The Hall–Kier alpha value is -1.25. The minimum Gasteiger partial charge on any atom is -0.481 e. The highest BCUT2D eigenvalue weighted by Crippen LogP contribution is 2.14. The number of aliphatic carboxylic acids is 1. The van der Waals surface area contributed by atoms with Crippen molar-refractivity contribution in [2.45, 2.75) is 46.0 Å². The van der Waals surface area contributed by atoms with E-state index in [2.05, 4.69) is 18.0 Å². The molecule has 0 spiro atoms. The standard InChI is InChI=1S/C13H21NO2/c1-3-5-6-10-7-12(14-9-10)8-11(4-2)13(15)16/h7,9,11,14H,3-6,8H2,1-2H3,(H,15,16). The molecule has 0 aromatic carbocycles. The molecule has 1 rings (SSSR count). The number of aromatic nitrogens is 1. The van der Waals surface area contributed by atoms with E-state index in [0.717, 1.165) is 12.1 Å². The van der Waals surface area contributed by atoms with Crippen molar-refractivity contribution in [2.75, 3.05) is 0 Å². The third kappa shape index (κ3) is 3.72. The van der Waals surface area contributed by atoms with E-state index in [1.54, 1.807) is 0 Å². The van der Waals surface area contributed by atoms with Gasteiger partial charge in [0.25, 0.3) is 0 Å². The number of aromatic amines is 1. The van der Waals surface area contributed by atoms with Crippen LogP contribution in [0.4, 0.5) is 0 Å². The maximum absolute atomic E-state index is 10.9. The number of carboxylic acid groups (broad SMARTS) is 1. The fourth-order valence-corrected chi connectivity index (χ4v) is 1.81. The number of rotatable bonds is 7. The Morgan fingerprint density at radius 2 is 2.25 bits per heavy atom. The number of H-pyrrole nitrogens is 1. The summed E-state index contributed by atoms with van der Waals surface area (Å²) >= 11 is 0. The molecule has 2 N–H and O–H groups in total. The summed E-state index contributed by atoms with van der Waals surface area (Å²) in [5.74, 6) is -0.968. The molecule has 0 aliphatic carbocycles. The van der Waals surface area contributed by atoms with Crippen molar-refractivity contribution in [3.05, 3.63) is 23.5 Å². The first kappa shape index (κ1) is 12.8. The highest BCUT2D eigenvalue weighted by Gasteiger charge is 2.16. The Balaban J connectivity index is 2.53. The van der Waals surface area contributed by atoms with Crippen molar-refractivity contribution in [3.63, 3.8) is 0 Å². The van der Waals surface area contributed by atoms with E-state index in [-0.39, 0.29) is 5.92 Å². The van der Waals surface area contributed by atoms with Gasteiger partial charge in [0.1, 0.15) is 0 Å². The van der Waals surface area contributed by atoms with Gasteiger partial charge in [0.05, 0.1) is 5.92 Å². The van der Waals surface area contributed by atoms with Gasteiger partial charge < -0.3 is 10.1 Å². The van der Waals surface area contributed by atoms with Crippen LogP contribution in [-0.4, -0.2) is 16.1 Å². The van der Waals surface area contributed by atoms with Gasteiger partial charge in [-0.15, -0.1) is 0 Å². The number of nitrogens with one attached hydrogen (secondary N) is 1. The van der Waals surface area contributed by atoms with Crippen LogP contribution in [0.25, 0.3) is 0 Å². The number of hydrogen-bond donors (Lipinski definition) is 2. The quantitative estimate of drug-likeness (QED) is 0.746. The molecule has 0 amide bonds. The monoisotopic (exact) mass is 223 g/mol. The topological polar surface area (TPSA) is 53.1 Å². The maximum Gasteiger partial charge on any atom is 0.306 e. The molecule has 0 saturated heterocycles. The van der Waals surface area contributed by atoms with Crippen LogP contribution < -0.4 is 0 Å². The summed E-state index contributed by atoms with van der Waals surface area (Å²) in [6.45, 7) is 4.09. The summed E-state index contributed by atoms with van der Waals surface area (Å²) in [7, 11) is 0. The summed E-state index contributed by atoms with van der Waals surface area (Å²) in [6.07, 6.45) is 6.74. The second kappa shape index (κ2) is 6.36. The lowest BCUT2D eigenvalue weighted by Gasteiger charge is -2.07. The Morgan fingerprint density at radius 3 is 2.81 bits per heavy atom. The van der Waals surface area contributed by atoms with Crippen molar-refractivity contribution in [1.29, 1.82) is 0 Å². The van der Waals surface area contributed by atoms with Gasteiger partial charge in [0.15, 0.2) is 0 Å². The molecule has 3 heteroatoms. The first-order valence-corrected chi connectivity index (χ1v) is 6.06. The van der Waals surface area contributed by atoms with E-state index in [9.17, 15) is 4.79 Å². The minimum absolute atomic E-state index is 0.266. The second-order valence-electron chi connectivity index (χ2n) is 4.28. The predicted molar refractivity (Wildman–Crippen MR) is 64.5 cm³/mol. The molecule has 1 aromatic rings. The lowest BCUT2D eigenvalue weighted by Crippen LogP contribution is -2.15. The van der Waals surface area contributed by atoms with Gasteiger partial charge in [-0.2, -0.15) is 0 Å². The Bertz CT molecular complexity index is 330. The van der Waals surface area contributed by atoms with Gasteiger partial charge in [0, 0.05) is 18.3 Å². The second-order valence-corrected chi connectivity index (χ2v) is 4.28. The van der Waals surface area contributed by atoms with Gasteiger partial charge in [-0.05, 0) is 30.9 Å². The molecule has 0 aliphatic rings. The summed E-state index contributed by atoms with van der Waals surface area (Å²) in [4.78, 5) is 14.1. The highest BCUT2D eigenvalue weighted by molar-refractivity contribution is 5.70. The van der Waals surface area contributed by atoms with E-state index in [1.165, 1.54) is 18.4 Å². The number of unbranched alkanes of at least 4 members (excludes halogenated alkanes) is 1. The smallest absolute Gasteiger partial charge is 0.306 e. The lowest BCUT2D eigenvalue weighted by molar-refractivity contribution is -0.141. The van der Waals surface area contributed by atoms with E-state index in [0.29, 0.717) is 12.8 Å². The van der Waals surface area contributed by atoms with E-state index < -0.39 is 5.97 Å². The van der Waals surface area contributed by atoms with Crippen molar-refractivity contribution in [3.8, 4) is 0 Å². The summed E-state index contributed by atoms with van der Waals surface area (Å²) in [6, 6.07) is 2.10. The highest BCUT2D eigenvalue weighted by atomic mass is 16.4. The Kier molecular flexibility index (Phi) is 5.09. The average molecular weight is 223 g/mol. The number of hydrogen-bond acceptors (Lipinski definition) is 1. The predicted octanol–water partition coefficient (Wildman–Crippen LogP) is 3.01. The zero-order valence-electron chi connectivity index (χ0n) is 10.1. The molecule has 1 aromatic heterocycles.